The molecule has 0 unspecified atom stereocenters. The monoisotopic (exact) mass is 334 g/mol. The molecule has 136 valence electrons. The van der Waals surface area contributed by atoms with Crippen LogP contribution in [0.25, 0.3) is 0 Å². The summed E-state index contributed by atoms with van der Waals surface area (Å²) in [5.41, 5.74) is 1.54. The van der Waals surface area contributed by atoms with Crippen molar-refractivity contribution < 1.29 is 14.3 Å². The van der Waals surface area contributed by atoms with E-state index in [4.69, 9.17) is 4.74 Å². The van der Waals surface area contributed by atoms with Crippen molar-refractivity contribution in [2.24, 2.45) is 28.6 Å². The first-order chi connectivity index (χ1) is 11.2. The molecule has 0 aliphatic heterocycles. The number of hydrogen-bond acceptors (Lipinski definition) is 3. The number of allylic oxidation sites excluding steroid dienone is 2. The molecule has 0 amide bonds. The average molecular weight is 335 g/mol. The molecular weight excluding hydrogens is 300 g/mol. The Hall–Kier alpha value is -1.12. The van der Waals surface area contributed by atoms with Crippen LogP contribution >= 0.6 is 0 Å². The van der Waals surface area contributed by atoms with Gasteiger partial charge in [0, 0.05) is 6.42 Å². The highest BCUT2D eigenvalue weighted by atomic mass is 16.5. The molecule has 24 heavy (non-hydrogen) atoms. The number of ether oxygens (including phenoxy) is 1. The zero-order valence-electron chi connectivity index (χ0n) is 16.1. The summed E-state index contributed by atoms with van der Waals surface area (Å²) in [7, 11) is 1.44. The van der Waals surface area contributed by atoms with E-state index in [9.17, 15) is 9.59 Å². The quantitative estimate of drug-likeness (QED) is 0.510. The molecule has 0 spiro atoms. The van der Waals surface area contributed by atoms with Crippen LogP contribution in [0.2, 0.25) is 0 Å². The molecule has 0 aromatic heterocycles. The standard InChI is InChI=1S/C21H34O3/c1-15(13-19(23)24-5)7-9-17-16(14-22)8-10-18-20(2,3)11-6-12-21(17,18)4/h8,14-15,17-18H,6-7,9-13H2,1-5H3/t15-,17+,18+,21-/m1/s1. The van der Waals surface area contributed by atoms with Crippen molar-refractivity contribution in [2.75, 3.05) is 7.11 Å². The largest absolute Gasteiger partial charge is 0.469 e. The van der Waals surface area contributed by atoms with Crippen LogP contribution < -0.4 is 0 Å². The highest BCUT2D eigenvalue weighted by molar-refractivity contribution is 5.74. The lowest BCUT2D eigenvalue weighted by molar-refractivity contribution is -0.141. The van der Waals surface area contributed by atoms with Crippen molar-refractivity contribution in [2.45, 2.75) is 72.6 Å². The van der Waals surface area contributed by atoms with E-state index in [0.29, 0.717) is 29.6 Å². The Morgan fingerprint density at radius 3 is 2.71 bits per heavy atom. The van der Waals surface area contributed by atoms with Gasteiger partial charge in [-0.1, -0.05) is 40.2 Å². The van der Waals surface area contributed by atoms with E-state index in [1.54, 1.807) is 0 Å². The van der Waals surface area contributed by atoms with E-state index < -0.39 is 0 Å². The Kier molecular flexibility index (Phi) is 5.93. The minimum atomic E-state index is -0.139. The summed E-state index contributed by atoms with van der Waals surface area (Å²) < 4.78 is 4.78. The number of carbonyl (C=O) groups excluding carboxylic acids is 2. The van der Waals surface area contributed by atoms with Gasteiger partial charge in [0.1, 0.15) is 6.29 Å². The van der Waals surface area contributed by atoms with Gasteiger partial charge in [0.15, 0.2) is 0 Å². The number of esters is 1. The molecule has 2 aliphatic carbocycles. The lowest BCUT2D eigenvalue weighted by atomic mass is 9.48. The number of rotatable bonds is 6. The zero-order chi connectivity index (χ0) is 18.0. The van der Waals surface area contributed by atoms with E-state index in [1.165, 1.54) is 26.4 Å². The second-order valence-corrected chi connectivity index (χ2v) is 8.97. The van der Waals surface area contributed by atoms with Crippen LogP contribution in [0.1, 0.15) is 72.6 Å². The van der Waals surface area contributed by atoms with Crippen molar-refractivity contribution in [1.82, 2.24) is 0 Å². The number of carbonyl (C=O) groups is 2. The molecule has 0 heterocycles. The number of hydrogen-bond donors (Lipinski definition) is 0. The molecule has 0 bridgehead atoms. The van der Waals surface area contributed by atoms with Crippen molar-refractivity contribution in [3.8, 4) is 0 Å². The van der Waals surface area contributed by atoms with Crippen LogP contribution in [0.15, 0.2) is 11.6 Å². The minimum Gasteiger partial charge on any atom is -0.469 e. The number of methoxy groups -OCH3 is 1. The van der Waals surface area contributed by atoms with Gasteiger partial charge in [0.05, 0.1) is 7.11 Å². The summed E-state index contributed by atoms with van der Waals surface area (Å²) in [6, 6.07) is 0. The lowest BCUT2D eigenvalue weighted by Crippen LogP contribution is -2.48. The van der Waals surface area contributed by atoms with Gasteiger partial charge in [-0.3, -0.25) is 9.59 Å². The van der Waals surface area contributed by atoms with Crippen LogP contribution in [-0.4, -0.2) is 19.4 Å². The van der Waals surface area contributed by atoms with Crippen LogP contribution in [0.5, 0.6) is 0 Å². The fourth-order valence-corrected chi connectivity index (χ4v) is 5.50. The molecule has 0 aromatic carbocycles. The normalized spacial score (nSPS) is 33.1. The van der Waals surface area contributed by atoms with E-state index in [-0.39, 0.29) is 11.4 Å². The van der Waals surface area contributed by atoms with Crippen LogP contribution in [0, 0.1) is 28.6 Å². The molecule has 1 saturated carbocycles. The van der Waals surface area contributed by atoms with Gasteiger partial charge in [-0.05, 0) is 66.3 Å². The molecular formula is C21H34O3. The van der Waals surface area contributed by atoms with Gasteiger partial charge < -0.3 is 4.74 Å². The van der Waals surface area contributed by atoms with Gasteiger partial charge in [-0.2, -0.15) is 0 Å². The molecule has 3 heteroatoms. The zero-order valence-corrected chi connectivity index (χ0v) is 16.1. The summed E-state index contributed by atoms with van der Waals surface area (Å²) in [5, 5.41) is 0. The third kappa shape index (κ3) is 3.75. The first-order valence-corrected chi connectivity index (χ1v) is 9.46. The maximum Gasteiger partial charge on any atom is 0.305 e. The molecule has 0 saturated heterocycles. The van der Waals surface area contributed by atoms with E-state index in [2.05, 4.69) is 33.8 Å². The minimum absolute atomic E-state index is 0.139. The van der Waals surface area contributed by atoms with Gasteiger partial charge in [-0.15, -0.1) is 0 Å². The Balaban J connectivity index is 2.15. The molecule has 3 nitrogen and oxygen atoms in total. The highest BCUT2D eigenvalue weighted by Gasteiger charge is 2.52. The fraction of sp³-hybridized carbons (Fsp3) is 0.810. The maximum absolute atomic E-state index is 11.7. The molecule has 2 rings (SSSR count). The molecule has 4 atom stereocenters. The van der Waals surface area contributed by atoms with Gasteiger partial charge in [-0.25, -0.2) is 0 Å². The Morgan fingerprint density at radius 2 is 2.08 bits per heavy atom. The van der Waals surface area contributed by atoms with Crippen LogP contribution in [-0.2, 0) is 14.3 Å². The van der Waals surface area contributed by atoms with Crippen molar-refractivity contribution in [1.29, 1.82) is 0 Å². The Labute approximate surface area is 147 Å². The Bertz CT molecular complexity index is 505. The van der Waals surface area contributed by atoms with Gasteiger partial charge in [0.2, 0.25) is 0 Å². The smallest absolute Gasteiger partial charge is 0.305 e. The van der Waals surface area contributed by atoms with E-state index in [1.807, 2.05) is 0 Å². The molecule has 0 aromatic rings. The Morgan fingerprint density at radius 1 is 1.38 bits per heavy atom. The summed E-state index contributed by atoms with van der Waals surface area (Å²) in [6.07, 6.45) is 10.5. The summed E-state index contributed by atoms with van der Waals surface area (Å²) in [6.45, 7) is 9.30. The molecule has 1 fully saturated rings. The lowest BCUT2D eigenvalue weighted by Gasteiger charge is -2.56. The van der Waals surface area contributed by atoms with Crippen LogP contribution in [0.3, 0.4) is 0 Å². The predicted molar refractivity (Wildman–Crippen MR) is 96.5 cm³/mol. The molecule has 0 radical (unpaired) electrons. The van der Waals surface area contributed by atoms with Crippen molar-refractivity contribution >= 4 is 12.3 Å². The van der Waals surface area contributed by atoms with Crippen molar-refractivity contribution in [3.05, 3.63) is 11.6 Å². The molecule has 0 N–H and O–H groups in total. The highest BCUT2D eigenvalue weighted by Crippen LogP contribution is 2.60. The summed E-state index contributed by atoms with van der Waals surface area (Å²) in [4.78, 5) is 23.2. The second kappa shape index (κ2) is 7.41. The van der Waals surface area contributed by atoms with Gasteiger partial charge in [0.25, 0.3) is 0 Å². The summed E-state index contributed by atoms with van der Waals surface area (Å²) in [5.74, 6) is 1.13. The second-order valence-electron chi connectivity index (χ2n) is 8.97. The van der Waals surface area contributed by atoms with Crippen molar-refractivity contribution in [3.63, 3.8) is 0 Å². The number of aldehydes is 1. The third-order valence-corrected chi connectivity index (χ3v) is 6.89. The SMILES string of the molecule is COC(=O)C[C@H](C)CC[C@H]1C(C=O)=CC[C@H]2C(C)(C)CCC[C@]12C. The number of fused-ring (bicyclic) bond motifs is 1. The predicted octanol–water partition coefficient (Wildman–Crippen LogP) is 4.94. The first-order valence-electron chi connectivity index (χ1n) is 9.46. The maximum atomic E-state index is 11.7. The van der Waals surface area contributed by atoms with E-state index >= 15 is 0 Å². The van der Waals surface area contributed by atoms with Crippen LogP contribution in [0.4, 0.5) is 0 Å². The average Bonchev–Trinajstić information content (AvgIpc) is 2.51. The topological polar surface area (TPSA) is 43.4 Å². The summed E-state index contributed by atoms with van der Waals surface area (Å²) >= 11 is 0. The third-order valence-electron chi connectivity index (χ3n) is 6.89. The molecule has 2 aliphatic rings. The van der Waals surface area contributed by atoms with E-state index in [0.717, 1.165) is 31.1 Å². The van der Waals surface area contributed by atoms with Gasteiger partial charge >= 0.3 is 5.97 Å². The fourth-order valence-electron chi connectivity index (χ4n) is 5.50. The first kappa shape index (κ1) is 19.2.